The second-order valence-electron chi connectivity index (χ2n) is 7.44. The van der Waals surface area contributed by atoms with Crippen LogP contribution in [-0.4, -0.2) is 37.0 Å². The molecule has 1 fully saturated rings. The first-order valence-corrected chi connectivity index (χ1v) is 11.2. The van der Waals surface area contributed by atoms with E-state index in [1.807, 2.05) is 32.0 Å². The van der Waals surface area contributed by atoms with E-state index in [0.29, 0.717) is 30.6 Å². The van der Waals surface area contributed by atoms with Crippen LogP contribution in [0.4, 0.5) is 5.69 Å². The molecule has 1 aliphatic heterocycles. The molecule has 154 valence electrons. The van der Waals surface area contributed by atoms with E-state index in [2.05, 4.69) is 5.32 Å². The molecular formula is C22H26N2O4S. The van der Waals surface area contributed by atoms with Crippen LogP contribution in [0.5, 0.6) is 0 Å². The number of rotatable bonds is 5. The Morgan fingerprint density at radius 3 is 2.38 bits per heavy atom. The van der Waals surface area contributed by atoms with Crippen molar-refractivity contribution in [2.45, 2.75) is 51.0 Å². The lowest BCUT2D eigenvalue weighted by Crippen LogP contribution is -2.49. The van der Waals surface area contributed by atoms with Gasteiger partial charge in [0.2, 0.25) is 15.9 Å². The quantitative estimate of drug-likeness (QED) is 0.757. The summed E-state index contributed by atoms with van der Waals surface area (Å²) in [6.07, 6.45) is 1.97. The fourth-order valence-electron chi connectivity index (χ4n) is 3.55. The number of Topliss-reactive ketones (excluding diaryl/α,β-unsaturated/α-hetero) is 1. The van der Waals surface area contributed by atoms with Gasteiger partial charge in [-0.3, -0.25) is 9.59 Å². The molecular weight excluding hydrogens is 388 g/mol. The van der Waals surface area contributed by atoms with Gasteiger partial charge in [0.05, 0.1) is 4.90 Å². The Morgan fingerprint density at radius 1 is 1.03 bits per heavy atom. The summed E-state index contributed by atoms with van der Waals surface area (Å²) in [5.74, 6) is -0.444. The van der Waals surface area contributed by atoms with Crippen molar-refractivity contribution in [1.82, 2.24) is 4.31 Å². The van der Waals surface area contributed by atoms with Crippen molar-refractivity contribution in [2.24, 2.45) is 0 Å². The highest BCUT2D eigenvalue weighted by atomic mass is 32.2. The van der Waals surface area contributed by atoms with Crippen LogP contribution in [0.25, 0.3) is 0 Å². The minimum atomic E-state index is -3.85. The molecule has 0 bridgehead atoms. The minimum Gasteiger partial charge on any atom is -0.324 e. The fourth-order valence-corrected chi connectivity index (χ4v) is 5.21. The summed E-state index contributed by atoms with van der Waals surface area (Å²) >= 11 is 0. The molecule has 1 atom stereocenters. The molecule has 0 saturated carbocycles. The standard InChI is InChI=1S/C22H26N2O4S/c1-15-7-6-8-20(16(15)2)23-22(26)21-9-4-5-14-24(21)29(27,28)19-12-10-18(11-13-19)17(3)25/h6-8,10-13,21H,4-5,9,14H2,1-3H3,(H,23,26). The molecule has 0 radical (unpaired) electrons. The topological polar surface area (TPSA) is 83.6 Å². The largest absolute Gasteiger partial charge is 0.324 e. The molecule has 1 heterocycles. The lowest BCUT2D eigenvalue weighted by atomic mass is 10.0. The van der Waals surface area contributed by atoms with E-state index in [0.717, 1.165) is 17.5 Å². The molecule has 0 spiro atoms. The zero-order chi connectivity index (χ0) is 21.2. The van der Waals surface area contributed by atoms with Gasteiger partial charge in [0, 0.05) is 17.8 Å². The summed E-state index contributed by atoms with van der Waals surface area (Å²) in [6.45, 7) is 5.62. The summed E-state index contributed by atoms with van der Waals surface area (Å²) in [5.41, 5.74) is 3.17. The van der Waals surface area contributed by atoms with Gasteiger partial charge in [0.1, 0.15) is 6.04 Å². The first kappa shape index (κ1) is 21.2. The van der Waals surface area contributed by atoms with Crippen LogP contribution in [0.2, 0.25) is 0 Å². The highest BCUT2D eigenvalue weighted by Crippen LogP contribution is 2.27. The Kier molecular flexibility index (Phi) is 6.19. The average molecular weight is 415 g/mol. The summed E-state index contributed by atoms with van der Waals surface area (Å²) < 4.78 is 27.7. The molecule has 1 amide bonds. The number of nitrogens with one attached hydrogen (secondary N) is 1. The van der Waals surface area contributed by atoms with Gasteiger partial charge in [-0.2, -0.15) is 4.31 Å². The van der Waals surface area contributed by atoms with Gasteiger partial charge >= 0.3 is 0 Å². The van der Waals surface area contributed by atoms with Gasteiger partial charge in [-0.1, -0.05) is 30.7 Å². The molecule has 3 rings (SSSR count). The van der Waals surface area contributed by atoms with E-state index in [-0.39, 0.29) is 16.6 Å². The van der Waals surface area contributed by atoms with E-state index >= 15 is 0 Å². The molecule has 29 heavy (non-hydrogen) atoms. The van der Waals surface area contributed by atoms with Gasteiger partial charge in [0.25, 0.3) is 0 Å². The van der Waals surface area contributed by atoms with Crippen molar-refractivity contribution >= 4 is 27.4 Å². The number of aryl methyl sites for hydroxylation is 1. The Morgan fingerprint density at radius 2 is 1.72 bits per heavy atom. The van der Waals surface area contributed by atoms with Crippen molar-refractivity contribution in [1.29, 1.82) is 0 Å². The molecule has 2 aromatic rings. The van der Waals surface area contributed by atoms with Crippen molar-refractivity contribution in [3.8, 4) is 0 Å². The second-order valence-corrected chi connectivity index (χ2v) is 9.34. The van der Waals surface area contributed by atoms with Crippen LogP contribution in [0.3, 0.4) is 0 Å². The van der Waals surface area contributed by atoms with Gasteiger partial charge in [-0.05, 0) is 62.9 Å². The fraction of sp³-hybridized carbons (Fsp3) is 0.364. The summed E-state index contributed by atoms with van der Waals surface area (Å²) in [5, 5.41) is 2.91. The maximum atomic E-state index is 13.2. The summed E-state index contributed by atoms with van der Waals surface area (Å²) in [6, 6.07) is 10.8. The average Bonchev–Trinajstić information content (AvgIpc) is 2.71. The first-order valence-electron chi connectivity index (χ1n) is 9.72. The third-order valence-electron chi connectivity index (χ3n) is 5.49. The second kappa shape index (κ2) is 8.47. The molecule has 7 heteroatoms. The number of carbonyl (C=O) groups is 2. The van der Waals surface area contributed by atoms with E-state index in [1.54, 1.807) is 0 Å². The van der Waals surface area contributed by atoms with Crippen LogP contribution in [0, 0.1) is 13.8 Å². The van der Waals surface area contributed by atoms with Gasteiger partial charge in [0.15, 0.2) is 5.78 Å². The number of piperidine rings is 1. The van der Waals surface area contributed by atoms with Crippen molar-refractivity contribution in [3.05, 3.63) is 59.2 Å². The van der Waals surface area contributed by atoms with E-state index in [9.17, 15) is 18.0 Å². The van der Waals surface area contributed by atoms with Crippen LogP contribution in [0.1, 0.15) is 47.7 Å². The first-order chi connectivity index (χ1) is 13.7. The van der Waals surface area contributed by atoms with Crippen LogP contribution < -0.4 is 5.32 Å². The number of sulfonamides is 1. The highest BCUT2D eigenvalue weighted by molar-refractivity contribution is 7.89. The molecule has 2 aromatic carbocycles. The lowest BCUT2D eigenvalue weighted by molar-refractivity contribution is -0.120. The molecule has 1 saturated heterocycles. The number of carbonyl (C=O) groups excluding carboxylic acids is 2. The van der Waals surface area contributed by atoms with E-state index in [4.69, 9.17) is 0 Å². The molecule has 1 N–H and O–H groups in total. The number of anilines is 1. The third kappa shape index (κ3) is 4.41. The maximum Gasteiger partial charge on any atom is 0.243 e. The van der Waals surface area contributed by atoms with Crippen LogP contribution >= 0.6 is 0 Å². The van der Waals surface area contributed by atoms with Gasteiger partial charge in [-0.15, -0.1) is 0 Å². The zero-order valence-electron chi connectivity index (χ0n) is 16.9. The SMILES string of the molecule is CC(=O)c1ccc(S(=O)(=O)N2CCCCC2C(=O)Nc2cccc(C)c2C)cc1. The maximum absolute atomic E-state index is 13.2. The van der Waals surface area contributed by atoms with Gasteiger partial charge in [-0.25, -0.2) is 8.42 Å². The Hall–Kier alpha value is -2.51. The van der Waals surface area contributed by atoms with Gasteiger partial charge < -0.3 is 5.32 Å². The van der Waals surface area contributed by atoms with E-state index < -0.39 is 16.1 Å². The van der Waals surface area contributed by atoms with Crippen molar-refractivity contribution < 1.29 is 18.0 Å². The Labute approximate surface area is 172 Å². The molecule has 1 unspecified atom stereocenters. The monoisotopic (exact) mass is 414 g/mol. The molecule has 1 aliphatic rings. The Bertz CT molecular complexity index is 1030. The number of hydrogen-bond donors (Lipinski definition) is 1. The predicted octanol–water partition coefficient (Wildman–Crippen LogP) is 3.69. The molecule has 6 nitrogen and oxygen atoms in total. The number of hydrogen-bond acceptors (Lipinski definition) is 4. The number of benzene rings is 2. The number of amides is 1. The van der Waals surface area contributed by atoms with E-state index in [1.165, 1.54) is 35.5 Å². The van der Waals surface area contributed by atoms with Crippen LogP contribution in [0.15, 0.2) is 47.4 Å². The lowest BCUT2D eigenvalue weighted by Gasteiger charge is -2.33. The zero-order valence-corrected chi connectivity index (χ0v) is 17.8. The normalized spacial score (nSPS) is 17.7. The predicted molar refractivity (Wildman–Crippen MR) is 113 cm³/mol. The summed E-state index contributed by atoms with van der Waals surface area (Å²) in [4.78, 5) is 24.6. The smallest absolute Gasteiger partial charge is 0.243 e. The Balaban J connectivity index is 1.87. The minimum absolute atomic E-state index is 0.0916. The summed E-state index contributed by atoms with van der Waals surface area (Å²) in [7, 11) is -3.85. The number of nitrogens with zero attached hydrogens (tertiary/aromatic N) is 1. The molecule has 0 aromatic heterocycles. The highest BCUT2D eigenvalue weighted by Gasteiger charge is 2.37. The number of ketones is 1. The third-order valence-corrected chi connectivity index (χ3v) is 7.41. The van der Waals surface area contributed by atoms with Crippen LogP contribution in [-0.2, 0) is 14.8 Å². The van der Waals surface area contributed by atoms with Crippen molar-refractivity contribution in [2.75, 3.05) is 11.9 Å². The van der Waals surface area contributed by atoms with Crippen molar-refractivity contribution in [3.63, 3.8) is 0 Å². The molecule has 0 aliphatic carbocycles.